The number of hydrogen-bond acceptors (Lipinski definition) is 2. The molecule has 3 heteroatoms. The Morgan fingerprint density at radius 3 is 2.27 bits per heavy atom. The maximum atomic E-state index is 3.04. The summed E-state index contributed by atoms with van der Waals surface area (Å²) in [5.41, 5.74) is 22.1. The van der Waals surface area contributed by atoms with Crippen molar-refractivity contribution < 1.29 is 0 Å². The molecule has 4 heterocycles. The monoisotopic (exact) mass is 777 g/mol. The van der Waals surface area contributed by atoms with Gasteiger partial charge < -0.3 is 9.80 Å². The minimum Gasteiger partial charge on any atom is -0.342 e. The van der Waals surface area contributed by atoms with Crippen LogP contribution in [0.25, 0.3) is 0 Å². The van der Waals surface area contributed by atoms with Gasteiger partial charge in [-0.25, -0.2) is 0 Å². The van der Waals surface area contributed by atoms with Crippen LogP contribution in [0.1, 0.15) is 129 Å². The first-order valence-electron chi connectivity index (χ1n) is 23.6. The van der Waals surface area contributed by atoms with Crippen LogP contribution < -0.4 is 4.90 Å². The smallest absolute Gasteiger partial charge is 0.217 e. The molecule has 1 saturated heterocycles. The van der Waals surface area contributed by atoms with Gasteiger partial charge in [0.1, 0.15) is 0 Å². The quantitative estimate of drug-likeness (QED) is 0.204. The fourth-order valence-electron chi connectivity index (χ4n) is 13.8. The highest BCUT2D eigenvalue weighted by Gasteiger charge is 2.64. The van der Waals surface area contributed by atoms with Gasteiger partial charge in [-0.15, -0.1) is 0 Å². The van der Waals surface area contributed by atoms with Crippen LogP contribution in [0.15, 0.2) is 153 Å². The summed E-state index contributed by atoms with van der Waals surface area (Å²) in [6.07, 6.45) is 27.5. The van der Waals surface area contributed by atoms with Crippen LogP contribution in [-0.2, 0) is 5.41 Å². The molecular formula is C56H65BN2. The third-order valence-electron chi connectivity index (χ3n) is 16.9. The SMILES string of the molecule is CC(C)C1=CC2=C3C(C1)c1cc(C(C)C)ccc1N3C1CC=C(C(C)(C3=CC=CCC3)c3ccccc3)C3=C1B2C1CC(C(C)C)=CC2C4CC(C(C)C)=CC=C4N3C12. The van der Waals surface area contributed by atoms with Crippen molar-refractivity contribution in [1.29, 1.82) is 0 Å². The fraction of sp³-hybridized carbons (Fsp3) is 0.464. The predicted molar refractivity (Wildman–Crippen MR) is 249 cm³/mol. The van der Waals surface area contributed by atoms with E-state index in [0.29, 0.717) is 66.0 Å². The highest BCUT2D eigenvalue weighted by molar-refractivity contribution is 6.78. The van der Waals surface area contributed by atoms with Crippen LogP contribution in [0.2, 0.25) is 5.82 Å². The maximum Gasteiger partial charge on any atom is 0.217 e. The Morgan fingerprint density at radius 2 is 1.56 bits per heavy atom. The number of allylic oxidation sites excluding steroid dienone is 14. The molecule has 302 valence electrons. The maximum absolute atomic E-state index is 3.04. The first-order valence-corrected chi connectivity index (χ1v) is 23.6. The van der Waals surface area contributed by atoms with Crippen molar-refractivity contribution in [2.45, 2.75) is 136 Å². The van der Waals surface area contributed by atoms with E-state index >= 15 is 0 Å². The molecule has 59 heavy (non-hydrogen) atoms. The number of fused-ring (bicyclic) bond motifs is 10. The van der Waals surface area contributed by atoms with E-state index in [4.69, 9.17) is 0 Å². The van der Waals surface area contributed by atoms with E-state index < -0.39 is 0 Å². The molecule has 1 fully saturated rings. The van der Waals surface area contributed by atoms with Gasteiger partial charge in [-0.3, -0.25) is 0 Å². The van der Waals surface area contributed by atoms with Gasteiger partial charge >= 0.3 is 0 Å². The van der Waals surface area contributed by atoms with Crippen molar-refractivity contribution in [3.8, 4) is 0 Å². The van der Waals surface area contributed by atoms with Gasteiger partial charge in [0.25, 0.3) is 0 Å². The molecule has 7 unspecified atom stereocenters. The Bertz CT molecular complexity index is 2420. The molecule has 9 aliphatic rings. The standard InChI is InChI=1S/C56H65BN2/c1-32(2)36-20-23-49-42(26-36)44-28-38(34(5)6)30-47-53(44)58(49)51-25-22-46(56(9,40-16-12-10-13-17-40)41-18-14-11-15-19-41)55-52(51)57(47)48-31-39(35(7)8)29-45-43-27-37(33(3)4)21-24-50(43)59(55)54(45)48/h10-14,16-18,20-24,26,29-30,32-35,43-45,48,51,54H,15,19,25,27-28,31H2,1-9H3. The molecule has 7 atom stereocenters. The van der Waals surface area contributed by atoms with Gasteiger partial charge in [0, 0.05) is 52.0 Å². The lowest BCUT2D eigenvalue weighted by Crippen LogP contribution is -2.59. The lowest BCUT2D eigenvalue weighted by molar-refractivity contribution is 0.273. The molecule has 0 aromatic heterocycles. The second-order valence-electron chi connectivity index (χ2n) is 21.1. The summed E-state index contributed by atoms with van der Waals surface area (Å²) in [5.74, 6) is 4.18. The molecule has 0 saturated carbocycles. The average molecular weight is 777 g/mol. The Labute approximate surface area is 356 Å². The fourth-order valence-corrected chi connectivity index (χ4v) is 13.8. The van der Waals surface area contributed by atoms with E-state index in [1.807, 2.05) is 0 Å². The van der Waals surface area contributed by atoms with E-state index in [1.54, 1.807) is 61.5 Å². The van der Waals surface area contributed by atoms with Crippen LogP contribution in [0.4, 0.5) is 5.69 Å². The lowest BCUT2D eigenvalue weighted by Gasteiger charge is -2.57. The molecule has 2 nitrogen and oxygen atoms in total. The van der Waals surface area contributed by atoms with Gasteiger partial charge in [-0.2, -0.15) is 0 Å². The topological polar surface area (TPSA) is 6.48 Å². The zero-order chi connectivity index (χ0) is 40.6. The third-order valence-corrected chi connectivity index (χ3v) is 16.9. The zero-order valence-electron chi connectivity index (χ0n) is 37.2. The van der Waals surface area contributed by atoms with Gasteiger partial charge in [-0.1, -0.05) is 168 Å². The number of anilines is 1. The average Bonchev–Trinajstić information content (AvgIpc) is 3.76. The van der Waals surface area contributed by atoms with Crippen LogP contribution in [-0.4, -0.2) is 23.7 Å². The number of rotatable bonds is 7. The molecule has 0 amide bonds. The number of nitrogens with zero attached hydrogens (tertiary/aromatic N) is 2. The molecule has 11 rings (SSSR count). The third kappa shape index (κ3) is 5.31. The molecule has 5 aliphatic carbocycles. The van der Waals surface area contributed by atoms with Crippen molar-refractivity contribution in [2.24, 2.45) is 29.6 Å². The molecule has 2 aromatic rings. The second kappa shape index (κ2) is 13.6. The highest BCUT2D eigenvalue weighted by Crippen LogP contribution is 2.67. The summed E-state index contributed by atoms with van der Waals surface area (Å²) < 4.78 is 0. The van der Waals surface area contributed by atoms with E-state index in [9.17, 15) is 0 Å². The van der Waals surface area contributed by atoms with Crippen LogP contribution >= 0.6 is 0 Å². The van der Waals surface area contributed by atoms with E-state index in [1.165, 1.54) is 29.7 Å². The number of benzene rings is 2. The minimum absolute atomic E-state index is 0.246. The predicted octanol–water partition coefficient (Wildman–Crippen LogP) is 13.9. The lowest BCUT2D eigenvalue weighted by atomic mass is 9.25. The Balaban J connectivity index is 1.23. The van der Waals surface area contributed by atoms with Gasteiger partial charge in [0.05, 0.1) is 6.04 Å². The Kier molecular flexibility index (Phi) is 8.72. The molecule has 4 aliphatic heterocycles. The molecule has 0 spiro atoms. The second-order valence-corrected chi connectivity index (χ2v) is 21.1. The first-order chi connectivity index (χ1) is 28.5. The van der Waals surface area contributed by atoms with Crippen molar-refractivity contribution in [3.05, 3.63) is 170 Å². The Morgan fingerprint density at radius 1 is 0.780 bits per heavy atom. The van der Waals surface area contributed by atoms with Gasteiger partial charge in [0.15, 0.2) is 0 Å². The van der Waals surface area contributed by atoms with Crippen LogP contribution in [0.5, 0.6) is 0 Å². The van der Waals surface area contributed by atoms with E-state index in [-0.39, 0.29) is 5.41 Å². The van der Waals surface area contributed by atoms with Gasteiger partial charge in [-0.05, 0) is 115 Å². The molecule has 0 N–H and O–H groups in total. The summed E-state index contributed by atoms with van der Waals surface area (Å²) >= 11 is 0. The van der Waals surface area contributed by atoms with Crippen molar-refractivity contribution in [1.82, 2.24) is 4.90 Å². The van der Waals surface area contributed by atoms with Crippen molar-refractivity contribution in [2.75, 3.05) is 4.90 Å². The summed E-state index contributed by atoms with van der Waals surface area (Å²) in [7, 11) is 0. The van der Waals surface area contributed by atoms with Crippen molar-refractivity contribution in [3.63, 3.8) is 0 Å². The van der Waals surface area contributed by atoms with Crippen molar-refractivity contribution >= 4 is 12.4 Å². The summed E-state index contributed by atoms with van der Waals surface area (Å²) in [6.45, 7) is 22.4. The Hall–Kier alpha value is -4.24. The minimum atomic E-state index is -0.246. The molecular weight excluding hydrogens is 711 g/mol. The first kappa shape index (κ1) is 37.7. The largest absolute Gasteiger partial charge is 0.342 e. The highest BCUT2D eigenvalue weighted by atomic mass is 15.3. The summed E-state index contributed by atoms with van der Waals surface area (Å²) in [5, 5.41) is 0. The summed E-state index contributed by atoms with van der Waals surface area (Å²) in [6, 6.07) is 20.0. The van der Waals surface area contributed by atoms with Crippen LogP contribution in [0.3, 0.4) is 0 Å². The van der Waals surface area contributed by atoms with Gasteiger partial charge in [0.2, 0.25) is 6.71 Å². The van der Waals surface area contributed by atoms with E-state index in [2.05, 4.69) is 169 Å². The molecule has 0 radical (unpaired) electrons. The summed E-state index contributed by atoms with van der Waals surface area (Å²) in [4.78, 5) is 5.97. The number of hydrogen-bond donors (Lipinski definition) is 0. The normalized spacial score (nSPS) is 29.7. The van der Waals surface area contributed by atoms with E-state index in [0.717, 1.165) is 25.7 Å². The molecule has 0 bridgehead atoms. The van der Waals surface area contributed by atoms with Crippen LogP contribution in [0, 0.1) is 29.6 Å². The molecule has 2 aromatic carbocycles. The zero-order valence-corrected chi connectivity index (χ0v) is 37.2.